The molecule has 0 atom stereocenters. The third kappa shape index (κ3) is 2.50. The number of piperidine rings is 1. The predicted octanol–water partition coefficient (Wildman–Crippen LogP) is 2.87. The number of hydrogen-bond acceptors (Lipinski definition) is 2. The van der Waals surface area contributed by atoms with E-state index in [2.05, 4.69) is 49.2 Å². The van der Waals surface area contributed by atoms with Gasteiger partial charge in [-0.3, -0.25) is 0 Å². The van der Waals surface area contributed by atoms with Gasteiger partial charge in [0.15, 0.2) is 0 Å². The molecular weight excluding hydrogens is 208 g/mol. The highest BCUT2D eigenvalue weighted by Gasteiger charge is 2.35. The summed E-state index contributed by atoms with van der Waals surface area (Å²) in [7, 11) is 2.16. The minimum atomic E-state index is 0.0922. The molecule has 0 amide bonds. The van der Waals surface area contributed by atoms with E-state index in [9.17, 15) is 0 Å². The van der Waals surface area contributed by atoms with Crippen molar-refractivity contribution in [3.63, 3.8) is 0 Å². The molecule has 0 unspecified atom stereocenters. The number of benzene rings is 1. The molecule has 0 saturated carbocycles. The number of rotatable bonds is 2. The van der Waals surface area contributed by atoms with Crippen LogP contribution in [0.5, 0.6) is 0 Å². The lowest BCUT2D eigenvalue weighted by molar-refractivity contribution is 0.189. The van der Waals surface area contributed by atoms with Crippen LogP contribution < -0.4 is 0 Å². The van der Waals surface area contributed by atoms with Gasteiger partial charge in [-0.25, -0.2) is 0 Å². The molecule has 2 nitrogen and oxygen atoms in total. The minimum Gasteiger partial charge on any atom is -0.306 e. The fraction of sp³-hybridized carbons (Fsp3) is 0.533. The van der Waals surface area contributed by atoms with Crippen molar-refractivity contribution in [3.8, 4) is 6.07 Å². The minimum absolute atomic E-state index is 0.0922. The number of aryl methyl sites for hydroxylation is 1. The summed E-state index contributed by atoms with van der Waals surface area (Å²) in [6.45, 7) is 4.29. The van der Waals surface area contributed by atoms with E-state index in [-0.39, 0.29) is 5.41 Å². The first-order valence-corrected chi connectivity index (χ1v) is 6.29. The van der Waals surface area contributed by atoms with E-state index < -0.39 is 0 Å². The number of hydrogen-bond donors (Lipinski definition) is 0. The molecule has 17 heavy (non-hydrogen) atoms. The smallest absolute Gasteiger partial charge is 0.0631 e. The van der Waals surface area contributed by atoms with Gasteiger partial charge in [-0.1, -0.05) is 29.8 Å². The highest BCUT2D eigenvalue weighted by molar-refractivity contribution is 5.30. The van der Waals surface area contributed by atoms with Gasteiger partial charge in [0.25, 0.3) is 0 Å². The van der Waals surface area contributed by atoms with Crippen molar-refractivity contribution in [1.29, 1.82) is 5.26 Å². The maximum Gasteiger partial charge on any atom is 0.0631 e. The Kier molecular flexibility index (Phi) is 3.49. The topological polar surface area (TPSA) is 27.0 Å². The van der Waals surface area contributed by atoms with Crippen molar-refractivity contribution in [2.45, 2.75) is 31.6 Å². The highest BCUT2D eigenvalue weighted by Crippen LogP contribution is 2.38. The van der Waals surface area contributed by atoms with Crippen molar-refractivity contribution in [2.75, 3.05) is 20.1 Å². The van der Waals surface area contributed by atoms with Crippen molar-refractivity contribution in [3.05, 3.63) is 35.4 Å². The zero-order valence-corrected chi connectivity index (χ0v) is 10.7. The molecular formula is C15H20N2. The van der Waals surface area contributed by atoms with E-state index in [1.807, 2.05) is 0 Å². The Hall–Kier alpha value is -1.33. The fourth-order valence-electron chi connectivity index (χ4n) is 2.67. The molecule has 1 heterocycles. The van der Waals surface area contributed by atoms with Crippen molar-refractivity contribution in [2.24, 2.45) is 0 Å². The van der Waals surface area contributed by atoms with Crippen LogP contribution in [0.4, 0.5) is 0 Å². The molecule has 0 spiro atoms. The Balaban J connectivity index is 2.28. The molecule has 2 rings (SSSR count). The van der Waals surface area contributed by atoms with E-state index >= 15 is 0 Å². The van der Waals surface area contributed by atoms with Crippen molar-refractivity contribution in [1.82, 2.24) is 4.90 Å². The van der Waals surface area contributed by atoms with Crippen LogP contribution in [-0.4, -0.2) is 25.0 Å². The van der Waals surface area contributed by atoms with Gasteiger partial charge in [-0.15, -0.1) is 0 Å². The molecule has 0 bridgehead atoms. The van der Waals surface area contributed by atoms with Crippen LogP contribution in [-0.2, 0) is 5.41 Å². The van der Waals surface area contributed by atoms with E-state index in [4.69, 9.17) is 5.26 Å². The molecule has 1 aromatic rings. The summed E-state index contributed by atoms with van der Waals surface area (Å²) in [5.74, 6) is 0. The predicted molar refractivity (Wildman–Crippen MR) is 69.8 cm³/mol. The van der Waals surface area contributed by atoms with Crippen LogP contribution in [0.25, 0.3) is 0 Å². The van der Waals surface area contributed by atoms with Gasteiger partial charge >= 0.3 is 0 Å². The Morgan fingerprint density at radius 1 is 1.24 bits per heavy atom. The quantitative estimate of drug-likeness (QED) is 0.778. The lowest BCUT2D eigenvalue weighted by atomic mass is 9.71. The average Bonchev–Trinajstić information content (AvgIpc) is 2.34. The summed E-state index contributed by atoms with van der Waals surface area (Å²) < 4.78 is 0. The normalized spacial score (nSPS) is 19.8. The Morgan fingerprint density at radius 3 is 2.35 bits per heavy atom. The van der Waals surface area contributed by atoms with Crippen LogP contribution in [0.1, 0.15) is 30.4 Å². The van der Waals surface area contributed by atoms with E-state index in [1.165, 1.54) is 11.1 Å². The van der Waals surface area contributed by atoms with Gasteiger partial charge < -0.3 is 4.90 Å². The van der Waals surface area contributed by atoms with Gasteiger partial charge in [0.2, 0.25) is 0 Å². The lowest BCUT2D eigenvalue weighted by Crippen LogP contribution is -2.40. The van der Waals surface area contributed by atoms with Crippen LogP contribution >= 0.6 is 0 Å². The summed E-state index contributed by atoms with van der Waals surface area (Å²) in [6.07, 6.45) is 2.84. The van der Waals surface area contributed by atoms with E-state index in [0.29, 0.717) is 6.42 Å². The van der Waals surface area contributed by atoms with Gasteiger partial charge in [-0.05, 0) is 45.5 Å². The first-order chi connectivity index (χ1) is 8.16. The second-order valence-electron chi connectivity index (χ2n) is 5.28. The number of nitriles is 1. The molecule has 0 radical (unpaired) electrons. The molecule has 1 aromatic carbocycles. The average molecular weight is 228 g/mol. The van der Waals surface area contributed by atoms with Crippen LogP contribution in [0.2, 0.25) is 0 Å². The molecule has 0 N–H and O–H groups in total. The Labute approximate surface area is 104 Å². The van der Waals surface area contributed by atoms with Crippen molar-refractivity contribution < 1.29 is 0 Å². The lowest BCUT2D eigenvalue weighted by Gasteiger charge is -2.39. The molecule has 0 aromatic heterocycles. The molecule has 0 aliphatic carbocycles. The first kappa shape index (κ1) is 12.1. The van der Waals surface area contributed by atoms with Crippen LogP contribution in [0.15, 0.2) is 24.3 Å². The zero-order valence-electron chi connectivity index (χ0n) is 10.7. The standard InChI is InChI=1S/C15H20N2/c1-13-3-5-14(6-4-13)15(7-10-16)8-11-17(2)12-9-15/h3-6H,7-9,11-12H2,1-2H3. The maximum atomic E-state index is 9.10. The second-order valence-corrected chi connectivity index (χ2v) is 5.28. The number of nitrogens with zero attached hydrogens (tertiary/aromatic N) is 2. The molecule has 1 aliphatic rings. The van der Waals surface area contributed by atoms with Crippen molar-refractivity contribution >= 4 is 0 Å². The third-order valence-electron chi connectivity index (χ3n) is 4.03. The van der Waals surface area contributed by atoms with Crippen LogP contribution in [0, 0.1) is 18.3 Å². The fourth-order valence-corrected chi connectivity index (χ4v) is 2.67. The van der Waals surface area contributed by atoms with E-state index in [1.54, 1.807) is 0 Å². The summed E-state index contributed by atoms with van der Waals surface area (Å²) in [5, 5.41) is 9.10. The van der Waals surface area contributed by atoms with E-state index in [0.717, 1.165) is 25.9 Å². The van der Waals surface area contributed by atoms with Gasteiger partial charge in [0.05, 0.1) is 6.07 Å². The highest BCUT2D eigenvalue weighted by atomic mass is 15.1. The Morgan fingerprint density at radius 2 is 1.82 bits per heavy atom. The number of likely N-dealkylation sites (tertiary alicyclic amines) is 1. The molecule has 90 valence electrons. The van der Waals surface area contributed by atoms with Gasteiger partial charge in [0.1, 0.15) is 0 Å². The summed E-state index contributed by atoms with van der Waals surface area (Å²) in [5.41, 5.74) is 2.72. The molecule has 1 aliphatic heterocycles. The second kappa shape index (κ2) is 4.89. The third-order valence-corrected chi connectivity index (χ3v) is 4.03. The monoisotopic (exact) mass is 228 g/mol. The van der Waals surface area contributed by atoms with Gasteiger partial charge in [-0.2, -0.15) is 5.26 Å². The summed E-state index contributed by atoms with van der Waals surface area (Å²) >= 11 is 0. The SMILES string of the molecule is Cc1ccc(C2(CC#N)CCN(C)CC2)cc1. The van der Waals surface area contributed by atoms with Gasteiger partial charge in [0, 0.05) is 11.8 Å². The molecule has 2 heteroatoms. The van der Waals surface area contributed by atoms with Crippen LogP contribution in [0.3, 0.4) is 0 Å². The Bertz CT molecular complexity index is 406. The maximum absolute atomic E-state index is 9.10. The largest absolute Gasteiger partial charge is 0.306 e. The first-order valence-electron chi connectivity index (χ1n) is 6.29. The zero-order chi connectivity index (χ0) is 12.3. The summed E-state index contributed by atoms with van der Waals surface area (Å²) in [4.78, 5) is 2.35. The molecule has 1 fully saturated rings. The molecule has 1 saturated heterocycles. The summed E-state index contributed by atoms with van der Waals surface area (Å²) in [6, 6.07) is 11.1.